The maximum atomic E-state index is 13.1. The molecule has 1 aliphatic carbocycles. The first-order valence-corrected chi connectivity index (χ1v) is 11.4. The molecule has 1 aliphatic rings. The third-order valence-electron chi connectivity index (χ3n) is 5.56. The van der Waals surface area contributed by atoms with Crippen LogP contribution in [0, 0.1) is 6.92 Å². The van der Waals surface area contributed by atoms with Crippen molar-refractivity contribution in [3.8, 4) is 22.5 Å². The maximum absolute atomic E-state index is 13.1. The van der Waals surface area contributed by atoms with Crippen molar-refractivity contribution in [1.29, 1.82) is 0 Å². The van der Waals surface area contributed by atoms with E-state index in [9.17, 15) is 4.21 Å². The Balaban J connectivity index is 1.78. The molecule has 1 unspecified atom stereocenters. The SMILES string of the molecule is Cc1ncc(-c2cc(-c3cncnc3)nc3sc(S(=O)C4CCC4)c(N)c23)n1C. The average molecular weight is 425 g/mol. The number of nitrogens with zero attached hydrogens (tertiary/aromatic N) is 5. The molecule has 0 aromatic carbocycles. The van der Waals surface area contributed by atoms with Gasteiger partial charge in [-0.2, -0.15) is 0 Å². The maximum Gasteiger partial charge on any atom is 0.127 e. The first-order chi connectivity index (χ1) is 14.0. The van der Waals surface area contributed by atoms with Crippen LogP contribution in [0.4, 0.5) is 5.69 Å². The molecule has 9 heteroatoms. The predicted molar refractivity (Wildman–Crippen MR) is 116 cm³/mol. The van der Waals surface area contributed by atoms with Crippen LogP contribution in [0.5, 0.6) is 0 Å². The molecule has 148 valence electrons. The van der Waals surface area contributed by atoms with Gasteiger partial charge in [0, 0.05) is 41.2 Å². The molecular formula is C20H20N6OS2. The zero-order valence-corrected chi connectivity index (χ0v) is 17.8. The molecule has 1 saturated carbocycles. The van der Waals surface area contributed by atoms with Crippen molar-refractivity contribution in [2.75, 3.05) is 5.73 Å². The fourth-order valence-electron chi connectivity index (χ4n) is 3.52. The third-order valence-corrected chi connectivity index (χ3v) is 8.85. The number of hydrogen-bond acceptors (Lipinski definition) is 7. The van der Waals surface area contributed by atoms with Gasteiger partial charge in [-0.3, -0.25) is 4.21 Å². The van der Waals surface area contributed by atoms with Crippen molar-refractivity contribution in [3.63, 3.8) is 0 Å². The van der Waals surface area contributed by atoms with Crippen LogP contribution in [0.2, 0.25) is 0 Å². The number of thiophene rings is 1. The number of anilines is 1. The highest BCUT2D eigenvalue weighted by Crippen LogP contribution is 2.44. The number of rotatable bonds is 4. The first kappa shape index (κ1) is 18.4. The van der Waals surface area contributed by atoms with E-state index in [-0.39, 0.29) is 5.25 Å². The molecule has 0 spiro atoms. The Bertz CT molecular complexity index is 1240. The van der Waals surface area contributed by atoms with Crippen LogP contribution in [-0.2, 0) is 17.8 Å². The number of nitrogen functional groups attached to an aromatic ring is 1. The number of hydrogen-bond donors (Lipinski definition) is 1. The molecule has 1 atom stereocenters. The van der Waals surface area contributed by atoms with Crippen LogP contribution in [0.3, 0.4) is 0 Å². The average Bonchev–Trinajstić information content (AvgIpc) is 3.20. The van der Waals surface area contributed by atoms with Crippen LogP contribution in [0.1, 0.15) is 25.1 Å². The van der Waals surface area contributed by atoms with Gasteiger partial charge in [-0.15, -0.1) is 11.3 Å². The quantitative estimate of drug-likeness (QED) is 0.536. The number of pyridine rings is 1. The molecular weight excluding hydrogens is 404 g/mol. The molecule has 0 amide bonds. The Morgan fingerprint density at radius 1 is 1.24 bits per heavy atom. The number of aromatic nitrogens is 5. The zero-order chi connectivity index (χ0) is 20.1. The fraction of sp³-hybridized carbons (Fsp3) is 0.300. The Labute approximate surface area is 174 Å². The summed E-state index contributed by atoms with van der Waals surface area (Å²) in [6.45, 7) is 1.96. The van der Waals surface area contributed by atoms with E-state index in [1.54, 1.807) is 12.4 Å². The molecule has 1 fully saturated rings. The standard InChI is InChI=1S/C20H20N6OS2/c1-11-24-9-16(26(11)2)14-6-15(12-7-22-10-23-8-12)25-19-17(14)18(21)20(28-19)29(27)13-4-3-5-13/h6-10,13H,3-5,21H2,1-2H3. The Morgan fingerprint density at radius 2 is 2.00 bits per heavy atom. The summed E-state index contributed by atoms with van der Waals surface area (Å²) in [5.74, 6) is 0.904. The Kier molecular flexibility index (Phi) is 4.44. The third kappa shape index (κ3) is 2.96. The van der Waals surface area contributed by atoms with Gasteiger partial charge in [0.15, 0.2) is 0 Å². The molecule has 0 aliphatic heterocycles. The van der Waals surface area contributed by atoms with Gasteiger partial charge in [0.1, 0.15) is 21.2 Å². The summed E-state index contributed by atoms with van der Waals surface area (Å²) in [4.78, 5) is 18.3. The lowest BCUT2D eigenvalue weighted by Gasteiger charge is -2.23. The minimum atomic E-state index is -1.10. The van der Waals surface area contributed by atoms with Gasteiger partial charge in [-0.1, -0.05) is 6.42 Å². The van der Waals surface area contributed by atoms with Crippen molar-refractivity contribution in [1.82, 2.24) is 24.5 Å². The summed E-state index contributed by atoms with van der Waals surface area (Å²) in [5.41, 5.74) is 10.6. The van der Waals surface area contributed by atoms with Crippen molar-refractivity contribution >= 4 is 38.0 Å². The van der Waals surface area contributed by atoms with Crippen LogP contribution >= 0.6 is 11.3 Å². The second-order valence-corrected chi connectivity index (χ2v) is 10.2. The molecule has 4 aromatic rings. The first-order valence-electron chi connectivity index (χ1n) is 9.42. The van der Waals surface area contributed by atoms with E-state index in [0.29, 0.717) is 5.69 Å². The molecule has 7 nitrogen and oxygen atoms in total. The molecule has 29 heavy (non-hydrogen) atoms. The van der Waals surface area contributed by atoms with Gasteiger partial charge < -0.3 is 10.3 Å². The minimum Gasteiger partial charge on any atom is -0.396 e. The van der Waals surface area contributed by atoms with Gasteiger partial charge in [-0.25, -0.2) is 19.9 Å². The second kappa shape index (κ2) is 7.00. The van der Waals surface area contributed by atoms with Crippen molar-refractivity contribution in [2.45, 2.75) is 35.6 Å². The molecule has 2 N–H and O–H groups in total. The smallest absolute Gasteiger partial charge is 0.127 e. The lowest BCUT2D eigenvalue weighted by Crippen LogP contribution is -2.23. The second-order valence-electron chi connectivity index (χ2n) is 7.27. The van der Waals surface area contributed by atoms with E-state index in [1.165, 1.54) is 17.7 Å². The van der Waals surface area contributed by atoms with E-state index in [2.05, 4.69) is 15.0 Å². The van der Waals surface area contributed by atoms with Crippen molar-refractivity contribution in [2.24, 2.45) is 7.05 Å². The highest BCUT2D eigenvalue weighted by Gasteiger charge is 2.30. The van der Waals surface area contributed by atoms with Gasteiger partial charge >= 0.3 is 0 Å². The van der Waals surface area contributed by atoms with Gasteiger partial charge in [0.05, 0.1) is 34.1 Å². The van der Waals surface area contributed by atoms with E-state index in [4.69, 9.17) is 10.7 Å². The van der Waals surface area contributed by atoms with Crippen LogP contribution in [-0.4, -0.2) is 34.0 Å². The summed E-state index contributed by atoms with van der Waals surface area (Å²) in [5, 5.41) is 1.05. The minimum absolute atomic E-state index is 0.203. The van der Waals surface area contributed by atoms with E-state index in [1.807, 2.05) is 30.8 Å². The summed E-state index contributed by atoms with van der Waals surface area (Å²) < 4.78 is 15.8. The summed E-state index contributed by atoms with van der Waals surface area (Å²) >= 11 is 1.43. The predicted octanol–water partition coefficient (Wildman–Crippen LogP) is 3.70. The lowest BCUT2D eigenvalue weighted by molar-refractivity contribution is 0.505. The van der Waals surface area contributed by atoms with E-state index in [0.717, 1.165) is 62.0 Å². The van der Waals surface area contributed by atoms with Crippen molar-refractivity contribution < 1.29 is 4.21 Å². The topological polar surface area (TPSA) is 99.6 Å². The van der Waals surface area contributed by atoms with E-state index >= 15 is 0 Å². The normalized spacial score (nSPS) is 15.5. The number of aryl methyl sites for hydroxylation is 1. The summed E-state index contributed by atoms with van der Waals surface area (Å²) in [7, 11) is 0.882. The molecule has 5 rings (SSSR count). The molecule has 0 saturated heterocycles. The molecule has 4 aromatic heterocycles. The highest BCUT2D eigenvalue weighted by molar-refractivity contribution is 7.88. The number of imidazole rings is 1. The Hall–Kier alpha value is -2.65. The monoisotopic (exact) mass is 424 g/mol. The van der Waals surface area contributed by atoms with Gasteiger partial charge in [-0.05, 0) is 25.8 Å². The lowest BCUT2D eigenvalue weighted by atomic mass is 10.0. The van der Waals surface area contributed by atoms with Gasteiger partial charge in [0.25, 0.3) is 0 Å². The van der Waals surface area contributed by atoms with Crippen LogP contribution in [0.15, 0.2) is 35.2 Å². The Morgan fingerprint density at radius 3 is 2.62 bits per heavy atom. The van der Waals surface area contributed by atoms with Crippen LogP contribution in [0.25, 0.3) is 32.7 Å². The van der Waals surface area contributed by atoms with Crippen LogP contribution < -0.4 is 5.73 Å². The molecule has 0 radical (unpaired) electrons. The molecule has 4 heterocycles. The summed E-state index contributed by atoms with van der Waals surface area (Å²) in [6.07, 6.45) is 9.94. The highest BCUT2D eigenvalue weighted by atomic mass is 32.2. The largest absolute Gasteiger partial charge is 0.396 e. The zero-order valence-electron chi connectivity index (χ0n) is 16.1. The van der Waals surface area contributed by atoms with E-state index < -0.39 is 10.8 Å². The summed E-state index contributed by atoms with van der Waals surface area (Å²) in [6, 6.07) is 2.00. The number of fused-ring (bicyclic) bond motifs is 1. The molecule has 0 bridgehead atoms. The van der Waals surface area contributed by atoms with Crippen molar-refractivity contribution in [3.05, 3.63) is 36.8 Å². The number of nitrogens with two attached hydrogens (primary N) is 1. The van der Waals surface area contributed by atoms with Gasteiger partial charge in [0.2, 0.25) is 0 Å². The fourth-order valence-corrected chi connectivity index (χ4v) is 6.73.